The number of aliphatic hydroxyl groups excluding tert-OH is 2. The van der Waals surface area contributed by atoms with Crippen LogP contribution in [0.5, 0.6) is 0 Å². The van der Waals surface area contributed by atoms with E-state index in [1.165, 1.54) is 89.9 Å². The maximum absolute atomic E-state index is 12.2. The molecule has 0 aliphatic carbocycles. The lowest BCUT2D eigenvalue weighted by atomic mass is 10.0. The van der Waals surface area contributed by atoms with Gasteiger partial charge in [-0.05, 0) is 50.9 Å². The van der Waals surface area contributed by atoms with Crippen molar-refractivity contribution in [2.45, 2.75) is 193 Å². The van der Waals surface area contributed by atoms with E-state index in [9.17, 15) is 19.8 Å². The van der Waals surface area contributed by atoms with Crippen molar-refractivity contribution in [3.8, 4) is 0 Å². The number of allylic oxidation sites excluding steroid dienone is 10. The summed E-state index contributed by atoms with van der Waals surface area (Å²) in [7, 11) is 0. The van der Waals surface area contributed by atoms with Crippen LogP contribution >= 0.6 is 0 Å². The topological polar surface area (TPSA) is 93.1 Å². The molecular formula is C47H80O6. The highest BCUT2D eigenvalue weighted by atomic mass is 16.6. The molecule has 6 nitrogen and oxygen atoms in total. The predicted octanol–water partition coefficient (Wildman–Crippen LogP) is 12.6. The molecule has 0 fully saturated rings. The van der Waals surface area contributed by atoms with Gasteiger partial charge in [0, 0.05) is 12.8 Å². The molecule has 0 aromatic carbocycles. The molecule has 304 valence electrons. The number of hydrogen-bond donors (Lipinski definition) is 2. The molecule has 53 heavy (non-hydrogen) atoms. The molecule has 0 heterocycles. The molecule has 2 N–H and O–H groups in total. The SMILES string of the molecule is CC/C=C\C/C=C\CC(O)/C=C/C=C\C/C=C\C/C=C\CCC(=O)OC[C@H](CO)OC(=O)CCCCCCCCCCCCCCCCCCC(C)C. The Labute approximate surface area is 326 Å². The van der Waals surface area contributed by atoms with Crippen LogP contribution in [0.4, 0.5) is 0 Å². The van der Waals surface area contributed by atoms with E-state index >= 15 is 0 Å². The third kappa shape index (κ3) is 40.3. The minimum atomic E-state index is -0.818. The molecule has 0 aliphatic heterocycles. The predicted molar refractivity (Wildman–Crippen MR) is 225 cm³/mol. The molecule has 0 aromatic rings. The van der Waals surface area contributed by atoms with E-state index in [4.69, 9.17) is 9.47 Å². The maximum Gasteiger partial charge on any atom is 0.306 e. The lowest BCUT2D eigenvalue weighted by Crippen LogP contribution is -2.28. The number of unbranched alkanes of at least 4 members (excludes halogenated alkanes) is 15. The van der Waals surface area contributed by atoms with Crippen LogP contribution in [0.1, 0.15) is 181 Å². The number of ether oxygens (including phenoxy) is 2. The Morgan fingerprint density at radius 1 is 0.585 bits per heavy atom. The zero-order chi connectivity index (χ0) is 38.9. The highest BCUT2D eigenvalue weighted by Crippen LogP contribution is 2.15. The summed E-state index contributed by atoms with van der Waals surface area (Å²) in [5, 5.41) is 19.5. The maximum atomic E-state index is 12.2. The summed E-state index contributed by atoms with van der Waals surface area (Å²) in [6.45, 7) is 6.25. The van der Waals surface area contributed by atoms with Gasteiger partial charge in [-0.3, -0.25) is 9.59 Å². The third-order valence-corrected chi connectivity index (χ3v) is 9.04. The fraction of sp³-hybridized carbons (Fsp3) is 0.702. The molecule has 0 bridgehead atoms. The van der Waals surface area contributed by atoms with Crippen LogP contribution in [-0.2, 0) is 19.1 Å². The molecule has 0 aliphatic rings. The van der Waals surface area contributed by atoms with Crippen molar-refractivity contribution in [1.82, 2.24) is 0 Å². The Morgan fingerprint density at radius 3 is 1.66 bits per heavy atom. The van der Waals surface area contributed by atoms with E-state index < -0.39 is 12.2 Å². The molecule has 6 heteroatoms. The first kappa shape index (κ1) is 50.3. The first-order chi connectivity index (χ1) is 25.9. The van der Waals surface area contributed by atoms with Crippen molar-refractivity contribution in [2.75, 3.05) is 13.2 Å². The molecule has 2 atom stereocenters. The molecule has 0 amide bonds. The molecule has 0 aromatic heterocycles. The first-order valence-corrected chi connectivity index (χ1v) is 21.5. The van der Waals surface area contributed by atoms with Gasteiger partial charge in [-0.2, -0.15) is 0 Å². The summed E-state index contributed by atoms with van der Waals surface area (Å²) < 4.78 is 10.6. The van der Waals surface area contributed by atoms with Crippen LogP contribution < -0.4 is 0 Å². The summed E-state index contributed by atoms with van der Waals surface area (Å²) in [5.74, 6) is 0.131. The van der Waals surface area contributed by atoms with Crippen molar-refractivity contribution in [1.29, 1.82) is 0 Å². The smallest absolute Gasteiger partial charge is 0.306 e. The van der Waals surface area contributed by atoms with Crippen molar-refractivity contribution in [2.24, 2.45) is 5.92 Å². The molecule has 0 saturated carbocycles. The van der Waals surface area contributed by atoms with Crippen molar-refractivity contribution in [3.63, 3.8) is 0 Å². The van der Waals surface area contributed by atoms with Crippen LogP contribution in [0.25, 0.3) is 0 Å². The number of aliphatic hydroxyl groups is 2. The fourth-order valence-electron chi connectivity index (χ4n) is 5.79. The molecular weight excluding hydrogens is 661 g/mol. The monoisotopic (exact) mass is 741 g/mol. The normalized spacial score (nSPS) is 13.6. The van der Waals surface area contributed by atoms with Gasteiger partial charge >= 0.3 is 11.9 Å². The average molecular weight is 741 g/mol. The van der Waals surface area contributed by atoms with Crippen LogP contribution in [0.3, 0.4) is 0 Å². The molecule has 0 rings (SSSR count). The van der Waals surface area contributed by atoms with Crippen LogP contribution in [0.2, 0.25) is 0 Å². The van der Waals surface area contributed by atoms with E-state index in [0.29, 0.717) is 19.3 Å². The zero-order valence-corrected chi connectivity index (χ0v) is 34.3. The van der Waals surface area contributed by atoms with E-state index in [2.05, 4.69) is 51.2 Å². The van der Waals surface area contributed by atoms with Crippen LogP contribution in [0.15, 0.2) is 72.9 Å². The Hall–Kier alpha value is -2.70. The Bertz CT molecular complexity index is 1000. The van der Waals surface area contributed by atoms with E-state index in [-0.39, 0.29) is 31.6 Å². The van der Waals surface area contributed by atoms with Gasteiger partial charge in [-0.25, -0.2) is 0 Å². The second kappa shape index (κ2) is 40.5. The summed E-state index contributed by atoms with van der Waals surface area (Å²) in [6.07, 6.45) is 50.1. The van der Waals surface area contributed by atoms with E-state index in [0.717, 1.165) is 50.9 Å². The van der Waals surface area contributed by atoms with Gasteiger partial charge in [0.05, 0.1) is 12.7 Å². The summed E-state index contributed by atoms with van der Waals surface area (Å²) in [5.41, 5.74) is 0. The summed E-state index contributed by atoms with van der Waals surface area (Å²) in [4.78, 5) is 24.3. The van der Waals surface area contributed by atoms with Gasteiger partial charge in [0.1, 0.15) is 6.61 Å². The third-order valence-electron chi connectivity index (χ3n) is 9.04. The fourth-order valence-corrected chi connectivity index (χ4v) is 5.79. The molecule has 0 spiro atoms. The van der Waals surface area contributed by atoms with Crippen LogP contribution in [-0.4, -0.2) is 47.6 Å². The van der Waals surface area contributed by atoms with Crippen LogP contribution in [0, 0.1) is 5.92 Å². The molecule has 0 radical (unpaired) electrons. The van der Waals surface area contributed by atoms with E-state index in [1.54, 1.807) is 6.08 Å². The number of rotatable bonds is 37. The Morgan fingerprint density at radius 2 is 1.09 bits per heavy atom. The van der Waals surface area contributed by atoms with E-state index in [1.807, 2.05) is 36.5 Å². The Balaban J connectivity index is 3.71. The quantitative estimate of drug-likeness (QED) is 0.0285. The first-order valence-electron chi connectivity index (χ1n) is 21.5. The number of carbonyl (C=O) groups is 2. The van der Waals surface area contributed by atoms with Gasteiger partial charge in [-0.1, -0.05) is 196 Å². The lowest BCUT2D eigenvalue weighted by Gasteiger charge is -2.15. The average Bonchev–Trinajstić information content (AvgIpc) is 3.14. The lowest BCUT2D eigenvalue weighted by molar-refractivity contribution is -0.161. The van der Waals surface area contributed by atoms with Gasteiger partial charge in [0.25, 0.3) is 0 Å². The summed E-state index contributed by atoms with van der Waals surface area (Å²) in [6, 6.07) is 0. The number of carbonyl (C=O) groups excluding carboxylic acids is 2. The largest absolute Gasteiger partial charge is 0.462 e. The standard InChI is InChI=1S/C47H80O6/c1-4-5-6-7-27-32-37-44(49)38-33-28-23-19-16-17-20-24-29-34-39-46(50)52-42-45(41-48)53-47(51)40-35-30-25-21-15-13-11-9-8-10-12-14-18-22-26-31-36-43(2)3/h5-6,16-17,23-24,27-29,32-33,38,43-45,48-49H,4,7-15,18-22,25-26,30-31,34-37,39-42H2,1-3H3/b6-5-,17-16-,28-23-,29-24-,32-27-,38-33+/t44?,45-/m0/s1. The second-order valence-electron chi connectivity index (χ2n) is 14.7. The van der Waals surface area contributed by atoms with Gasteiger partial charge < -0.3 is 19.7 Å². The zero-order valence-electron chi connectivity index (χ0n) is 34.3. The van der Waals surface area contributed by atoms with Crippen molar-refractivity contribution >= 4 is 11.9 Å². The number of esters is 2. The minimum Gasteiger partial charge on any atom is -0.462 e. The number of hydrogen-bond acceptors (Lipinski definition) is 6. The Kier molecular flexibility index (Phi) is 38.4. The minimum absolute atomic E-state index is 0.123. The molecule has 0 saturated heterocycles. The second-order valence-corrected chi connectivity index (χ2v) is 14.7. The highest BCUT2D eigenvalue weighted by molar-refractivity contribution is 5.70. The summed E-state index contributed by atoms with van der Waals surface area (Å²) >= 11 is 0. The van der Waals surface area contributed by atoms with Gasteiger partial charge in [0.15, 0.2) is 6.10 Å². The molecule has 1 unspecified atom stereocenters. The van der Waals surface area contributed by atoms with Gasteiger partial charge in [0.2, 0.25) is 0 Å². The van der Waals surface area contributed by atoms with Gasteiger partial charge in [-0.15, -0.1) is 0 Å². The van der Waals surface area contributed by atoms with Crippen molar-refractivity contribution in [3.05, 3.63) is 72.9 Å². The highest BCUT2D eigenvalue weighted by Gasteiger charge is 2.16. The van der Waals surface area contributed by atoms with Crippen molar-refractivity contribution < 1.29 is 29.3 Å².